The summed E-state index contributed by atoms with van der Waals surface area (Å²) in [5.74, 6) is 0.577. The van der Waals surface area contributed by atoms with E-state index in [2.05, 4.69) is 32.0 Å². The Balaban J connectivity index is 0.00000162. The number of halogens is 1. The molecule has 0 bridgehead atoms. The molecule has 18 heavy (non-hydrogen) atoms. The number of benzene rings is 1. The number of hydrogen-bond acceptors (Lipinski definition) is 2. The van der Waals surface area contributed by atoms with Crippen molar-refractivity contribution in [3.8, 4) is 0 Å². The Morgan fingerprint density at radius 1 is 1.33 bits per heavy atom. The normalized spacial score (nSPS) is 18.9. The van der Waals surface area contributed by atoms with E-state index in [1.807, 2.05) is 4.90 Å². The van der Waals surface area contributed by atoms with Gasteiger partial charge in [-0.2, -0.15) is 0 Å². The Kier molecular flexibility index (Phi) is 5.17. The van der Waals surface area contributed by atoms with Gasteiger partial charge in [0, 0.05) is 19.5 Å². The van der Waals surface area contributed by atoms with Crippen LogP contribution in [-0.2, 0) is 11.3 Å². The minimum atomic E-state index is 0. The van der Waals surface area contributed by atoms with Gasteiger partial charge in [0.05, 0.1) is 0 Å². The summed E-state index contributed by atoms with van der Waals surface area (Å²) in [4.78, 5) is 13.7. The highest BCUT2D eigenvalue weighted by Gasteiger charge is 2.28. The number of nitrogens with two attached hydrogens (primary N) is 1. The van der Waals surface area contributed by atoms with Crippen molar-refractivity contribution in [2.45, 2.75) is 26.8 Å². The van der Waals surface area contributed by atoms with Gasteiger partial charge in [0.1, 0.15) is 0 Å². The molecule has 1 aromatic rings. The predicted octanol–water partition coefficient (Wildman–Crippen LogP) is 2.03. The summed E-state index contributed by atoms with van der Waals surface area (Å²) in [5.41, 5.74) is 9.40. The molecule has 0 aliphatic carbocycles. The molecule has 0 aromatic heterocycles. The maximum absolute atomic E-state index is 11.8. The molecular formula is C14H21ClN2O. The summed E-state index contributed by atoms with van der Waals surface area (Å²) in [5, 5.41) is 0. The second-order valence-electron chi connectivity index (χ2n) is 5.00. The third-order valence-electron chi connectivity index (χ3n) is 3.57. The summed E-state index contributed by atoms with van der Waals surface area (Å²) in [6, 6.07) is 6.38. The number of nitrogens with zero attached hydrogens (tertiary/aromatic N) is 1. The molecule has 1 atom stereocenters. The van der Waals surface area contributed by atoms with Gasteiger partial charge in [0.15, 0.2) is 0 Å². The van der Waals surface area contributed by atoms with Crippen molar-refractivity contribution in [1.29, 1.82) is 0 Å². The molecule has 3 nitrogen and oxygen atoms in total. The van der Waals surface area contributed by atoms with Gasteiger partial charge in [-0.1, -0.05) is 18.2 Å². The minimum absolute atomic E-state index is 0. The van der Waals surface area contributed by atoms with Crippen LogP contribution in [-0.4, -0.2) is 23.9 Å². The van der Waals surface area contributed by atoms with Crippen molar-refractivity contribution in [1.82, 2.24) is 4.90 Å². The van der Waals surface area contributed by atoms with Crippen LogP contribution in [0.1, 0.15) is 23.1 Å². The second kappa shape index (κ2) is 6.21. The molecule has 0 spiro atoms. The lowest BCUT2D eigenvalue weighted by atomic mass is 10.1. The second-order valence-corrected chi connectivity index (χ2v) is 5.00. The number of likely N-dealkylation sites (tertiary alicyclic amines) is 1. The Labute approximate surface area is 115 Å². The van der Waals surface area contributed by atoms with E-state index < -0.39 is 0 Å². The first-order valence-electron chi connectivity index (χ1n) is 6.14. The van der Waals surface area contributed by atoms with Gasteiger partial charge >= 0.3 is 0 Å². The lowest BCUT2D eigenvalue weighted by Gasteiger charge is -2.17. The number of aryl methyl sites for hydroxylation is 2. The van der Waals surface area contributed by atoms with Crippen LogP contribution < -0.4 is 5.73 Å². The number of amides is 1. The van der Waals surface area contributed by atoms with Crippen LogP contribution in [0.15, 0.2) is 18.2 Å². The zero-order valence-electron chi connectivity index (χ0n) is 11.0. The molecule has 1 fully saturated rings. The van der Waals surface area contributed by atoms with Crippen LogP contribution in [0.4, 0.5) is 0 Å². The van der Waals surface area contributed by atoms with Crippen LogP contribution >= 0.6 is 12.4 Å². The zero-order valence-corrected chi connectivity index (χ0v) is 11.8. The molecule has 1 unspecified atom stereocenters. The monoisotopic (exact) mass is 268 g/mol. The Morgan fingerprint density at radius 2 is 2.06 bits per heavy atom. The molecule has 1 aliphatic rings. The Bertz CT molecular complexity index is 434. The Morgan fingerprint density at radius 3 is 2.61 bits per heavy atom. The fourth-order valence-corrected chi connectivity index (χ4v) is 2.29. The molecule has 1 aromatic carbocycles. The van der Waals surface area contributed by atoms with Crippen molar-refractivity contribution in [3.63, 3.8) is 0 Å². The number of carbonyl (C=O) groups excluding carboxylic acids is 1. The standard InChI is InChI=1S/C14H20N2O.ClH/c1-10-3-4-12(5-11(10)2)8-16-9-13(7-15)6-14(16)17;/h3-5,13H,6-9,15H2,1-2H3;1H. The number of carbonyl (C=O) groups is 1. The molecule has 2 N–H and O–H groups in total. The molecule has 1 aliphatic heterocycles. The Hall–Kier alpha value is -1.06. The average molecular weight is 269 g/mol. The van der Waals surface area contributed by atoms with E-state index in [0.717, 1.165) is 13.1 Å². The van der Waals surface area contributed by atoms with Crippen molar-refractivity contribution >= 4 is 18.3 Å². The van der Waals surface area contributed by atoms with E-state index in [0.29, 0.717) is 18.9 Å². The third kappa shape index (κ3) is 3.24. The number of rotatable bonds is 3. The van der Waals surface area contributed by atoms with E-state index >= 15 is 0 Å². The van der Waals surface area contributed by atoms with Crippen LogP contribution in [0.25, 0.3) is 0 Å². The summed E-state index contributed by atoms with van der Waals surface area (Å²) in [6.07, 6.45) is 0.612. The topological polar surface area (TPSA) is 46.3 Å². The summed E-state index contributed by atoms with van der Waals surface area (Å²) in [7, 11) is 0. The van der Waals surface area contributed by atoms with E-state index in [1.165, 1.54) is 16.7 Å². The maximum atomic E-state index is 11.8. The average Bonchev–Trinajstić information content (AvgIpc) is 2.65. The largest absolute Gasteiger partial charge is 0.338 e. The van der Waals surface area contributed by atoms with Crippen LogP contribution in [0, 0.1) is 19.8 Å². The van der Waals surface area contributed by atoms with Crippen molar-refractivity contribution < 1.29 is 4.79 Å². The smallest absolute Gasteiger partial charge is 0.223 e. The van der Waals surface area contributed by atoms with Gasteiger partial charge in [-0.25, -0.2) is 0 Å². The highest BCUT2D eigenvalue weighted by atomic mass is 35.5. The lowest BCUT2D eigenvalue weighted by molar-refractivity contribution is -0.128. The molecule has 0 saturated carbocycles. The first-order chi connectivity index (χ1) is 8.10. The predicted molar refractivity (Wildman–Crippen MR) is 75.7 cm³/mol. The summed E-state index contributed by atoms with van der Waals surface area (Å²) in [6.45, 7) is 6.34. The van der Waals surface area contributed by atoms with E-state index in [1.54, 1.807) is 0 Å². The molecule has 4 heteroatoms. The van der Waals surface area contributed by atoms with Gasteiger partial charge in [-0.15, -0.1) is 12.4 Å². The fourth-order valence-electron chi connectivity index (χ4n) is 2.29. The van der Waals surface area contributed by atoms with Gasteiger partial charge in [0.25, 0.3) is 0 Å². The van der Waals surface area contributed by atoms with Crippen molar-refractivity contribution in [2.24, 2.45) is 11.7 Å². The molecule has 100 valence electrons. The lowest BCUT2D eigenvalue weighted by Crippen LogP contribution is -2.25. The maximum Gasteiger partial charge on any atom is 0.223 e. The van der Waals surface area contributed by atoms with E-state index in [-0.39, 0.29) is 18.3 Å². The first kappa shape index (κ1) is 15.0. The molecule has 1 amide bonds. The summed E-state index contributed by atoms with van der Waals surface area (Å²) >= 11 is 0. The quantitative estimate of drug-likeness (QED) is 0.912. The molecule has 1 heterocycles. The van der Waals surface area contributed by atoms with Crippen LogP contribution in [0.5, 0.6) is 0 Å². The van der Waals surface area contributed by atoms with Gasteiger partial charge in [-0.05, 0) is 43.0 Å². The minimum Gasteiger partial charge on any atom is -0.338 e. The van der Waals surface area contributed by atoms with Crippen molar-refractivity contribution in [3.05, 3.63) is 34.9 Å². The molecular weight excluding hydrogens is 248 g/mol. The first-order valence-corrected chi connectivity index (χ1v) is 6.14. The fraction of sp³-hybridized carbons (Fsp3) is 0.500. The molecule has 2 rings (SSSR count). The summed E-state index contributed by atoms with van der Waals surface area (Å²) < 4.78 is 0. The van der Waals surface area contributed by atoms with E-state index in [4.69, 9.17) is 5.73 Å². The zero-order chi connectivity index (χ0) is 12.4. The SMILES string of the molecule is Cc1ccc(CN2CC(CN)CC2=O)cc1C.Cl. The van der Waals surface area contributed by atoms with Gasteiger partial charge in [-0.3, -0.25) is 4.79 Å². The highest BCUT2D eigenvalue weighted by Crippen LogP contribution is 2.20. The van der Waals surface area contributed by atoms with Gasteiger partial charge < -0.3 is 10.6 Å². The van der Waals surface area contributed by atoms with Crippen LogP contribution in [0.2, 0.25) is 0 Å². The molecule has 1 saturated heterocycles. The number of hydrogen-bond donors (Lipinski definition) is 1. The highest BCUT2D eigenvalue weighted by molar-refractivity contribution is 5.85. The third-order valence-corrected chi connectivity index (χ3v) is 3.57. The molecule has 0 radical (unpaired) electrons. The van der Waals surface area contributed by atoms with E-state index in [9.17, 15) is 4.79 Å². The van der Waals surface area contributed by atoms with Crippen molar-refractivity contribution in [2.75, 3.05) is 13.1 Å². The van der Waals surface area contributed by atoms with Crippen LogP contribution in [0.3, 0.4) is 0 Å². The van der Waals surface area contributed by atoms with Gasteiger partial charge in [0.2, 0.25) is 5.91 Å².